The van der Waals surface area contributed by atoms with E-state index in [-0.39, 0.29) is 83.2 Å². The van der Waals surface area contributed by atoms with Gasteiger partial charge in [0.25, 0.3) is 31.9 Å². The third-order valence-corrected chi connectivity index (χ3v) is 20.9. The van der Waals surface area contributed by atoms with Crippen molar-refractivity contribution in [2.75, 3.05) is 43.8 Å². The average molecular weight is 1470 g/mol. The minimum Gasteiger partial charge on any atom is -0.497 e. The van der Waals surface area contributed by atoms with Crippen molar-refractivity contribution in [2.45, 2.75) is 201 Å². The normalized spacial score (nSPS) is 19.0. The van der Waals surface area contributed by atoms with Crippen molar-refractivity contribution in [3.8, 4) is 22.9 Å². The molecule has 5 aromatic rings. The molecule has 1 aliphatic heterocycles. The van der Waals surface area contributed by atoms with Gasteiger partial charge in [-0.25, -0.2) is 41.0 Å². The van der Waals surface area contributed by atoms with Gasteiger partial charge in [-0.1, -0.05) is 87.8 Å². The second-order valence-electron chi connectivity index (χ2n) is 26.8. The molecule has 0 spiro atoms. The first-order valence-corrected chi connectivity index (χ1v) is 38.0. The second kappa shape index (κ2) is 36.2. The number of nitrogens with one attached hydrogen (secondary N) is 6. The maximum atomic E-state index is 14.5. The molecule has 554 valence electrons. The van der Waals surface area contributed by atoms with Crippen molar-refractivity contribution in [3.05, 3.63) is 103 Å². The number of hydrogen-bond acceptors (Lipinski definition) is 22. The number of hydrogen-bond donors (Lipinski definition) is 7. The number of esters is 2. The Hall–Kier alpha value is -9.00. The molecule has 3 heterocycles. The molecular weight excluding hydrogens is 1370 g/mol. The van der Waals surface area contributed by atoms with E-state index in [0.717, 1.165) is 69.3 Å². The number of anilines is 3. The molecule has 2 saturated carbocycles. The SMILES string of the molecule is C=C[C@@H]1C[C@]1(N)C(=O)NS(=O)(=O)c1ccccc1NC(=O)CCCCCCCCC(=O)OC.C=C[C@@H]1C[C@]1(NC(=O)[C@@H]1C[C@@H](Oc2cc(-c3csc(NC(C)C)n3)nc3cc(OC)ccc23)CN1C(=O)OC(C)(C)C)C(=O)NS(=O)(=O)c1ccccc1NC(=O)CCCCCCCCC(=O)OC. The van der Waals surface area contributed by atoms with Crippen molar-refractivity contribution in [1.29, 1.82) is 0 Å². The largest absolute Gasteiger partial charge is 0.497 e. The van der Waals surface area contributed by atoms with Crippen LogP contribution in [-0.2, 0) is 67.8 Å². The number of ether oxygens (including phenoxy) is 5. The number of amides is 6. The fraction of sp³-hybridized carbons (Fsp3) is 0.500. The summed E-state index contributed by atoms with van der Waals surface area (Å²) >= 11 is 1.44. The summed E-state index contributed by atoms with van der Waals surface area (Å²) in [5.74, 6) is -3.60. The van der Waals surface area contributed by atoms with Gasteiger partial charge in [-0.2, -0.15) is 0 Å². The van der Waals surface area contributed by atoms with Crippen LogP contribution in [0.15, 0.2) is 113 Å². The van der Waals surface area contributed by atoms with E-state index < -0.39 is 84.5 Å². The molecule has 2 aromatic heterocycles. The number of carbonyl (C=O) groups excluding carboxylic acids is 8. The van der Waals surface area contributed by atoms with Crippen LogP contribution < -0.4 is 45.9 Å². The Bertz CT molecular complexity index is 4090. The Labute approximate surface area is 600 Å². The zero-order valence-corrected chi connectivity index (χ0v) is 61.6. The van der Waals surface area contributed by atoms with Gasteiger partial charge in [0.1, 0.15) is 55.8 Å². The van der Waals surface area contributed by atoms with Crippen LogP contribution in [0.2, 0.25) is 0 Å². The first-order valence-electron chi connectivity index (χ1n) is 34.2. The maximum absolute atomic E-state index is 14.5. The quantitative estimate of drug-likeness (QED) is 0.00848. The number of fused-ring (bicyclic) bond motifs is 1. The average Bonchev–Trinajstić information content (AvgIpc) is 1.57. The van der Waals surface area contributed by atoms with Gasteiger partial charge >= 0.3 is 18.0 Å². The molecule has 102 heavy (non-hydrogen) atoms. The first-order chi connectivity index (χ1) is 48.4. The molecule has 0 radical (unpaired) electrons. The number of nitrogens with two attached hydrogens (primary N) is 1. The summed E-state index contributed by atoms with van der Waals surface area (Å²) in [5, 5.41) is 14.6. The number of benzene rings is 3. The van der Waals surface area contributed by atoms with Gasteiger partial charge in [0, 0.05) is 72.9 Å². The predicted molar refractivity (Wildman–Crippen MR) is 387 cm³/mol. The van der Waals surface area contributed by atoms with E-state index >= 15 is 0 Å². The molecule has 3 aromatic carbocycles. The number of sulfonamides is 2. The first kappa shape index (κ1) is 80.3. The predicted octanol–water partition coefficient (Wildman–Crippen LogP) is 10.4. The summed E-state index contributed by atoms with van der Waals surface area (Å²) in [6, 6.07) is 17.7. The van der Waals surface area contributed by atoms with E-state index in [4.69, 9.17) is 29.9 Å². The lowest BCUT2D eigenvalue weighted by atomic mass is 10.1. The van der Waals surface area contributed by atoms with Gasteiger partial charge in [-0.15, -0.1) is 24.5 Å². The Morgan fingerprint density at radius 3 is 1.69 bits per heavy atom. The highest BCUT2D eigenvalue weighted by atomic mass is 32.2. The summed E-state index contributed by atoms with van der Waals surface area (Å²) < 4.78 is 84.7. The standard InChI is InChI=1S/C49H63N7O11S2.C23H33N3O6S/c1-9-31-27-49(31,45(60)55-69(62,63)41-19-17-16-18-35(41)52-42(57)20-14-12-10-11-13-15-21-43(58)65-8)54-44(59)39-25-33(28-56(39)47(61)67-48(4,5)6)66-40-26-37(38-29-68-46(53-38)50-30(2)3)51-36-24-32(64-7)22-23-34(36)40;1-3-17-16-23(17,24)22(29)26-33(30,31)19-13-11-10-12-18(19)25-20(27)14-8-6-4-5-7-9-15-21(28)32-2/h9,16-19,22-24,26,29-31,33,39H,1,10-15,20-21,25,27-28H2,2-8H3,(H,50,53)(H,52,57)(H,54,59)(H,55,60);3,10-13,17H,1,4-9,14-16,24H2,2H3,(H,25,27)(H,26,29)/t31-,33-,39+,49-;17-,23-/m11/s1. The van der Waals surface area contributed by atoms with E-state index in [1.54, 1.807) is 58.2 Å². The van der Waals surface area contributed by atoms with Crippen molar-refractivity contribution in [3.63, 3.8) is 0 Å². The van der Waals surface area contributed by atoms with Crippen molar-refractivity contribution >= 4 is 106 Å². The third kappa shape index (κ3) is 22.5. The Morgan fingerprint density at radius 2 is 1.20 bits per heavy atom. The Balaban J connectivity index is 0.000000369. The van der Waals surface area contributed by atoms with Crippen molar-refractivity contribution in [2.24, 2.45) is 17.6 Å². The number of carbonyl (C=O) groups is 8. The molecule has 8 rings (SSSR count). The zero-order chi connectivity index (χ0) is 74.6. The number of rotatable bonds is 36. The lowest BCUT2D eigenvalue weighted by Crippen LogP contribution is -2.56. The van der Waals surface area contributed by atoms with Crippen LogP contribution in [0, 0.1) is 11.8 Å². The molecule has 27 nitrogen and oxygen atoms in total. The van der Waals surface area contributed by atoms with Crippen molar-refractivity contribution in [1.82, 2.24) is 29.6 Å². The molecule has 6 amide bonds. The van der Waals surface area contributed by atoms with E-state index in [1.807, 2.05) is 30.0 Å². The van der Waals surface area contributed by atoms with Crippen LogP contribution >= 0.6 is 11.3 Å². The molecule has 6 atom stereocenters. The number of para-hydroxylation sites is 2. The molecule has 0 bridgehead atoms. The number of likely N-dealkylation sites (tertiary alicyclic amines) is 1. The summed E-state index contributed by atoms with van der Waals surface area (Å²) in [6.07, 6.45) is 12.8. The molecule has 2 aliphatic carbocycles. The van der Waals surface area contributed by atoms with Crippen LogP contribution in [0.1, 0.15) is 157 Å². The minimum absolute atomic E-state index is 0.0155. The molecule has 3 aliphatic rings. The number of unbranched alkanes of at least 4 members (excludes halogenated alkanes) is 10. The number of methoxy groups -OCH3 is 3. The maximum Gasteiger partial charge on any atom is 0.411 e. The molecule has 3 fully saturated rings. The van der Waals surface area contributed by atoms with Crippen LogP contribution in [0.25, 0.3) is 22.3 Å². The van der Waals surface area contributed by atoms with Crippen LogP contribution in [-0.4, -0.2) is 142 Å². The van der Waals surface area contributed by atoms with E-state index in [0.29, 0.717) is 65.9 Å². The smallest absolute Gasteiger partial charge is 0.411 e. The molecule has 1 saturated heterocycles. The zero-order valence-electron chi connectivity index (χ0n) is 59.2. The van der Waals surface area contributed by atoms with E-state index in [9.17, 15) is 55.2 Å². The van der Waals surface area contributed by atoms with Crippen LogP contribution in [0.3, 0.4) is 0 Å². The van der Waals surface area contributed by atoms with Crippen LogP contribution in [0.5, 0.6) is 11.5 Å². The van der Waals surface area contributed by atoms with Gasteiger partial charge in [-0.05, 0) is 110 Å². The number of aromatic nitrogens is 2. The number of nitrogens with zero attached hydrogens (tertiary/aromatic N) is 3. The fourth-order valence-corrected chi connectivity index (χ4v) is 14.8. The van der Waals surface area contributed by atoms with Crippen LogP contribution in [0.4, 0.5) is 21.3 Å². The third-order valence-electron chi connectivity index (χ3n) is 17.3. The Morgan fingerprint density at radius 1 is 0.676 bits per heavy atom. The number of thiazole rings is 1. The van der Waals surface area contributed by atoms with Gasteiger partial charge in [0.2, 0.25) is 17.7 Å². The fourth-order valence-electron chi connectivity index (χ4n) is 11.6. The lowest BCUT2D eigenvalue weighted by molar-refractivity contribution is -0.141. The van der Waals surface area contributed by atoms with Crippen molar-refractivity contribution < 1.29 is 78.9 Å². The topological polar surface area (TPSA) is 378 Å². The summed E-state index contributed by atoms with van der Waals surface area (Å²) in [4.78, 5) is 113. The van der Waals surface area contributed by atoms with Gasteiger partial charge in [0.05, 0.1) is 50.5 Å². The second-order valence-corrected chi connectivity index (χ2v) is 31.0. The Kier molecular flexibility index (Phi) is 28.5. The van der Waals surface area contributed by atoms with E-state index in [1.165, 1.54) is 79.0 Å². The molecule has 30 heteroatoms. The van der Waals surface area contributed by atoms with E-state index in [2.05, 4.69) is 48.6 Å². The molecule has 0 unspecified atom stereocenters. The summed E-state index contributed by atoms with van der Waals surface area (Å²) in [7, 11) is -4.53. The highest BCUT2D eigenvalue weighted by molar-refractivity contribution is 7.90. The van der Waals surface area contributed by atoms with Gasteiger partial charge in [-0.3, -0.25) is 38.5 Å². The summed E-state index contributed by atoms with van der Waals surface area (Å²) in [6.45, 7) is 16.5. The highest BCUT2D eigenvalue weighted by Crippen LogP contribution is 2.46. The number of pyridine rings is 1. The highest BCUT2D eigenvalue weighted by Gasteiger charge is 2.62. The monoisotopic (exact) mass is 1470 g/mol. The molecular formula is C72H96N10O17S3. The van der Waals surface area contributed by atoms with Gasteiger partial charge in [0.15, 0.2) is 5.13 Å². The minimum atomic E-state index is -4.61. The summed E-state index contributed by atoms with van der Waals surface area (Å²) in [5.41, 5.74) is 3.81. The lowest BCUT2D eigenvalue weighted by Gasteiger charge is -2.29. The van der Waals surface area contributed by atoms with Gasteiger partial charge < -0.3 is 50.7 Å². The molecule has 8 N–H and O–H groups in total.